The predicted molar refractivity (Wildman–Crippen MR) is 66.7 cm³/mol. The molecule has 1 aromatic rings. The number of aliphatic hydroxyl groups is 1. The maximum atomic E-state index is 12.6. The van der Waals surface area contributed by atoms with E-state index in [4.69, 9.17) is 0 Å². The Kier molecular flexibility index (Phi) is 4.16. The van der Waals surface area contributed by atoms with Crippen molar-refractivity contribution in [2.24, 2.45) is 0 Å². The molecule has 1 saturated carbocycles. The molecule has 0 aliphatic heterocycles. The number of hydrogen-bond acceptors (Lipinski definition) is 2. The summed E-state index contributed by atoms with van der Waals surface area (Å²) in [5.41, 5.74) is -0.392. The molecule has 0 heterocycles. The van der Waals surface area contributed by atoms with Crippen LogP contribution >= 0.6 is 0 Å². The number of alkyl halides is 3. The van der Waals surface area contributed by atoms with E-state index in [1.165, 1.54) is 18.6 Å². The SMILES string of the molecule is CN(CC(O)c1cccc(C(F)(F)F)c1)C1CCC1. The molecule has 0 aromatic heterocycles. The maximum absolute atomic E-state index is 12.6. The van der Waals surface area contributed by atoms with Crippen molar-refractivity contribution >= 4 is 0 Å². The average Bonchev–Trinajstić information content (AvgIpc) is 2.25. The number of likely N-dealkylation sites (N-methyl/N-ethyl adjacent to an activating group) is 1. The zero-order valence-electron chi connectivity index (χ0n) is 10.8. The lowest BCUT2D eigenvalue weighted by atomic mass is 9.91. The van der Waals surface area contributed by atoms with E-state index in [9.17, 15) is 18.3 Å². The van der Waals surface area contributed by atoms with Gasteiger partial charge in [-0.25, -0.2) is 0 Å². The molecular formula is C14H18F3NO. The van der Waals surface area contributed by atoms with Crippen LogP contribution in [0.2, 0.25) is 0 Å². The van der Waals surface area contributed by atoms with Crippen LogP contribution in [0.4, 0.5) is 13.2 Å². The van der Waals surface area contributed by atoms with E-state index in [1.54, 1.807) is 0 Å². The molecule has 5 heteroatoms. The molecule has 1 aliphatic rings. The minimum atomic E-state index is -4.37. The van der Waals surface area contributed by atoms with E-state index < -0.39 is 17.8 Å². The second-order valence-corrected chi connectivity index (χ2v) is 5.16. The Hall–Kier alpha value is -1.07. The third kappa shape index (κ3) is 3.48. The van der Waals surface area contributed by atoms with Crippen LogP contribution in [0.25, 0.3) is 0 Å². The van der Waals surface area contributed by atoms with Crippen LogP contribution < -0.4 is 0 Å². The van der Waals surface area contributed by atoms with Crippen LogP contribution in [0.15, 0.2) is 24.3 Å². The van der Waals surface area contributed by atoms with E-state index in [-0.39, 0.29) is 0 Å². The summed E-state index contributed by atoms with van der Waals surface area (Å²) in [4.78, 5) is 2.02. The number of rotatable bonds is 4. The normalized spacial score (nSPS) is 18.4. The molecule has 1 atom stereocenters. The van der Waals surface area contributed by atoms with Gasteiger partial charge in [0.05, 0.1) is 11.7 Å². The predicted octanol–water partition coefficient (Wildman–Crippen LogP) is 3.22. The van der Waals surface area contributed by atoms with Gasteiger partial charge in [0, 0.05) is 12.6 Å². The van der Waals surface area contributed by atoms with Gasteiger partial charge in [0.15, 0.2) is 0 Å². The second-order valence-electron chi connectivity index (χ2n) is 5.16. The van der Waals surface area contributed by atoms with Crippen molar-refractivity contribution in [3.8, 4) is 0 Å². The molecule has 0 spiro atoms. The van der Waals surface area contributed by atoms with Gasteiger partial charge < -0.3 is 10.0 Å². The van der Waals surface area contributed by atoms with Crippen LogP contribution in [0.1, 0.15) is 36.5 Å². The summed E-state index contributed by atoms with van der Waals surface area (Å²) in [5.74, 6) is 0. The van der Waals surface area contributed by atoms with Gasteiger partial charge in [-0.1, -0.05) is 18.6 Å². The lowest BCUT2D eigenvalue weighted by Gasteiger charge is -2.35. The smallest absolute Gasteiger partial charge is 0.387 e. The Morgan fingerprint density at radius 1 is 1.37 bits per heavy atom. The monoisotopic (exact) mass is 273 g/mol. The van der Waals surface area contributed by atoms with Crippen molar-refractivity contribution in [2.75, 3.05) is 13.6 Å². The molecule has 0 saturated heterocycles. The molecule has 106 valence electrons. The van der Waals surface area contributed by atoms with Crippen LogP contribution in [0.3, 0.4) is 0 Å². The van der Waals surface area contributed by atoms with E-state index >= 15 is 0 Å². The third-order valence-corrected chi connectivity index (χ3v) is 3.76. The van der Waals surface area contributed by atoms with Gasteiger partial charge in [-0.2, -0.15) is 13.2 Å². The number of benzene rings is 1. The quantitative estimate of drug-likeness (QED) is 0.910. The number of nitrogens with zero attached hydrogens (tertiary/aromatic N) is 1. The molecule has 2 rings (SSSR count). The molecule has 0 radical (unpaired) electrons. The van der Waals surface area contributed by atoms with E-state index in [0.717, 1.165) is 25.0 Å². The molecule has 2 nitrogen and oxygen atoms in total. The van der Waals surface area contributed by atoms with Crippen molar-refractivity contribution in [1.29, 1.82) is 0 Å². The summed E-state index contributed by atoms with van der Waals surface area (Å²) in [6, 6.07) is 5.38. The summed E-state index contributed by atoms with van der Waals surface area (Å²) in [7, 11) is 1.90. The van der Waals surface area contributed by atoms with Crippen LogP contribution in [-0.4, -0.2) is 29.6 Å². The topological polar surface area (TPSA) is 23.5 Å². The highest BCUT2D eigenvalue weighted by Crippen LogP contribution is 2.31. The molecule has 1 N–H and O–H groups in total. The van der Waals surface area contributed by atoms with Gasteiger partial charge >= 0.3 is 6.18 Å². The first kappa shape index (κ1) is 14.3. The molecule has 19 heavy (non-hydrogen) atoms. The van der Waals surface area contributed by atoms with E-state index in [2.05, 4.69) is 0 Å². The largest absolute Gasteiger partial charge is 0.416 e. The van der Waals surface area contributed by atoms with E-state index in [1.807, 2.05) is 11.9 Å². The van der Waals surface area contributed by atoms with Crippen LogP contribution in [-0.2, 0) is 6.18 Å². The first-order chi connectivity index (χ1) is 8.88. The van der Waals surface area contributed by atoms with Crippen molar-refractivity contribution in [2.45, 2.75) is 37.6 Å². The van der Waals surface area contributed by atoms with Crippen molar-refractivity contribution < 1.29 is 18.3 Å². The Bertz CT molecular complexity index is 429. The maximum Gasteiger partial charge on any atom is 0.416 e. The zero-order valence-corrected chi connectivity index (χ0v) is 10.8. The van der Waals surface area contributed by atoms with Crippen molar-refractivity contribution in [3.05, 3.63) is 35.4 Å². The molecular weight excluding hydrogens is 255 g/mol. The highest BCUT2D eigenvalue weighted by molar-refractivity contribution is 5.27. The fourth-order valence-corrected chi connectivity index (χ4v) is 2.28. The fraction of sp³-hybridized carbons (Fsp3) is 0.571. The van der Waals surface area contributed by atoms with Crippen LogP contribution in [0.5, 0.6) is 0 Å². The Morgan fingerprint density at radius 3 is 2.58 bits per heavy atom. The molecule has 1 fully saturated rings. The molecule has 0 amide bonds. The minimum absolute atomic E-state index is 0.320. The van der Waals surface area contributed by atoms with Gasteiger partial charge in [0.1, 0.15) is 0 Å². The second kappa shape index (κ2) is 5.51. The highest BCUT2D eigenvalue weighted by atomic mass is 19.4. The van der Waals surface area contributed by atoms with Crippen LogP contribution in [0, 0.1) is 0 Å². The van der Waals surface area contributed by atoms with Gasteiger partial charge in [0.25, 0.3) is 0 Å². The van der Waals surface area contributed by atoms with Gasteiger partial charge in [0.2, 0.25) is 0 Å². The first-order valence-corrected chi connectivity index (χ1v) is 6.43. The Labute approximate surface area is 110 Å². The lowest BCUT2D eigenvalue weighted by molar-refractivity contribution is -0.137. The van der Waals surface area contributed by atoms with Crippen molar-refractivity contribution in [1.82, 2.24) is 4.90 Å². The number of halogens is 3. The van der Waals surface area contributed by atoms with Gasteiger partial charge in [-0.3, -0.25) is 0 Å². The summed E-state index contributed by atoms with van der Waals surface area (Å²) in [5, 5.41) is 10.0. The standard InChI is InChI=1S/C14H18F3NO/c1-18(12-6-3-7-12)9-13(19)10-4-2-5-11(8-10)14(15,16)17/h2,4-5,8,12-13,19H,3,6-7,9H2,1H3. The zero-order chi connectivity index (χ0) is 14.0. The Balaban J connectivity index is 2.04. The minimum Gasteiger partial charge on any atom is -0.387 e. The molecule has 0 bridgehead atoms. The summed E-state index contributed by atoms with van der Waals surface area (Å²) in [6.45, 7) is 0.367. The number of aliphatic hydroxyl groups excluding tert-OH is 1. The average molecular weight is 273 g/mol. The Morgan fingerprint density at radius 2 is 2.05 bits per heavy atom. The summed E-state index contributed by atoms with van der Waals surface area (Å²) >= 11 is 0. The molecule has 1 unspecified atom stereocenters. The third-order valence-electron chi connectivity index (χ3n) is 3.76. The molecule has 1 aromatic carbocycles. The van der Waals surface area contributed by atoms with Gasteiger partial charge in [-0.15, -0.1) is 0 Å². The number of hydrogen-bond donors (Lipinski definition) is 1. The van der Waals surface area contributed by atoms with Crippen molar-refractivity contribution in [3.63, 3.8) is 0 Å². The summed E-state index contributed by atoms with van der Waals surface area (Å²) in [6.07, 6.45) is -1.85. The van der Waals surface area contributed by atoms with E-state index in [0.29, 0.717) is 18.2 Å². The summed E-state index contributed by atoms with van der Waals surface area (Å²) < 4.78 is 37.8. The lowest BCUT2D eigenvalue weighted by Crippen LogP contribution is -2.39. The first-order valence-electron chi connectivity index (χ1n) is 6.43. The highest BCUT2D eigenvalue weighted by Gasteiger charge is 2.31. The molecule has 1 aliphatic carbocycles. The van der Waals surface area contributed by atoms with Gasteiger partial charge in [-0.05, 0) is 37.6 Å². The fourth-order valence-electron chi connectivity index (χ4n) is 2.28.